The van der Waals surface area contributed by atoms with Crippen LogP contribution in [0.1, 0.15) is 121 Å². The van der Waals surface area contributed by atoms with Gasteiger partial charge in [-0.1, -0.05) is 80.9 Å². The maximum atomic E-state index is 13.6. The molecule has 292 valence electrons. The Balaban J connectivity index is 1.35. The zero-order chi connectivity index (χ0) is 38.6. The molecule has 7 rings (SSSR count). The summed E-state index contributed by atoms with van der Waals surface area (Å²) in [7, 11) is 0. The van der Waals surface area contributed by atoms with Crippen molar-refractivity contribution in [2.45, 2.75) is 132 Å². The van der Waals surface area contributed by atoms with E-state index in [1.54, 1.807) is 6.33 Å². The maximum Gasteiger partial charge on any atom is 0.307 e. The van der Waals surface area contributed by atoms with Gasteiger partial charge in [0.2, 0.25) is 0 Å². The number of carboxylic acid groups (broad SMARTS) is 1. The molecule has 53 heavy (non-hydrogen) atoms. The van der Waals surface area contributed by atoms with E-state index in [-0.39, 0.29) is 50.6 Å². The zero-order valence-corrected chi connectivity index (χ0v) is 34.4. The second kappa shape index (κ2) is 12.7. The average molecular weight is 730 g/mol. The lowest BCUT2D eigenvalue weighted by atomic mass is 9.34. The van der Waals surface area contributed by atoms with Crippen LogP contribution in [0.3, 0.4) is 0 Å². The topological polar surface area (TPSA) is 125 Å². The molecule has 0 amide bonds. The first-order valence-electron chi connectivity index (χ1n) is 20.4. The van der Waals surface area contributed by atoms with Crippen molar-refractivity contribution in [2.75, 3.05) is 19.8 Å². The molecule has 1 saturated heterocycles. The lowest BCUT2D eigenvalue weighted by Gasteiger charge is -2.71. The molecular weight excluding hydrogens is 663 g/mol. The van der Waals surface area contributed by atoms with Crippen molar-refractivity contribution in [3.8, 4) is 11.4 Å². The number of allylic oxidation sites excluding steroid dienone is 1. The summed E-state index contributed by atoms with van der Waals surface area (Å²) in [5.74, 6) is 1.12. The van der Waals surface area contributed by atoms with Gasteiger partial charge in [-0.15, -0.1) is 0 Å². The van der Waals surface area contributed by atoms with Gasteiger partial charge in [-0.2, -0.15) is 5.10 Å². The molecule has 5 aliphatic rings. The molecule has 2 aromatic rings. The highest BCUT2D eigenvalue weighted by atomic mass is 16.5. The molecule has 4 aliphatic carbocycles. The SMILES string of the molecule is CC(C)[C@@H](C)[C@@]1(C)CC[C@]2(C)[C@H]3CC[C@H]4C5(C)COC[C@@]4(C[C@@H](n4ncnc4-c4ccncc4)[C@@H]5OCC(C)(N)C(C)(C)C)C3=CC[C@@]2(C)[C@@H]1C(=O)O. The summed E-state index contributed by atoms with van der Waals surface area (Å²) < 4.78 is 16.1. The number of hydrogen-bond acceptors (Lipinski definition) is 7. The number of nitrogens with zero attached hydrogens (tertiary/aromatic N) is 4. The van der Waals surface area contributed by atoms with E-state index in [4.69, 9.17) is 25.3 Å². The van der Waals surface area contributed by atoms with Gasteiger partial charge < -0.3 is 20.3 Å². The molecule has 3 heterocycles. The molecule has 1 aliphatic heterocycles. The van der Waals surface area contributed by atoms with Crippen molar-refractivity contribution >= 4 is 5.97 Å². The van der Waals surface area contributed by atoms with Crippen LogP contribution in [0.4, 0.5) is 0 Å². The van der Waals surface area contributed by atoms with E-state index < -0.39 is 17.4 Å². The fourth-order valence-electron chi connectivity index (χ4n) is 12.8. The number of pyridine rings is 1. The Bertz CT molecular complexity index is 1730. The lowest BCUT2D eigenvalue weighted by Crippen LogP contribution is -2.69. The zero-order valence-electron chi connectivity index (χ0n) is 34.4. The molecule has 9 nitrogen and oxygen atoms in total. The average Bonchev–Trinajstić information content (AvgIpc) is 3.57. The lowest BCUT2D eigenvalue weighted by molar-refractivity contribution is -0.253. The van der Waals surface area contributed by atoms with Crippen LogP contribution in [0.25, 0.3) is 11.4 Å². The minimum absolute atomic E-state index is 0.115. The van der Waals surface area contributed by atoms with Gasteiger partial charge >= 0.3 is 5.97 Å². The summed E-state index contributed by atoms with van der Waals surface area (Å²) in [6.45, 7) is 26.6. The number of nitrogens with two attached hydrogens (primary N) is 1. The largest absolute Gasteiger partial charge is 0.481 e. The van der Waals surface area contributed by atoms with Gasteiger partial charge in [0.25, 0.3) is 0 Å². The Labute approximate surface area is 318 Å². The normalized spacial score (nSPS) is 41.4. The number of fused-ring (bicyclic) bond motifs is 3. The number of ether oxygens (including phenoxy) is 2. The number of carboxylic acids is 1. The van der Waals surface area contributed by atoms with Crippen LogP contribution < -0.4 is 5.73 Å². The third kappa shape index (κ3) is 5.47. The number of aliphatic carboxylic acids is 1. The smallest absolute Gasteiger partial charge is 0.307 e. The highest BCUT2D eigenvalue weighted by Gasteiger charge is 2.72. The highest BCUT2D eigenvalue weighted by molar-refractivity contribution is 5.73. The Hall–Kier alpha value is -2.62. The summed E-state index contributed by atoms with van der Waals surface area (Å²) >= 11 is 0. The molecule has 0 spiro atoms. The van der Waals surface area contributed by atoms with Crippen molar-refractivity contribution < 1.29 is 19.4 Å². The van der Waals surface area contributed by atoms with Gasteiger partial charge in [0.1, 0.15) is 6.33 Å². The van der Waals surface area contributed by atoms with Gasteiger partial charge in [-0.3, -0.25) is 9.78 Å². The fraction of sp³-hybridized carbons (Fsp3) is 0.773. The van der Waals surface area contributed by atoms with Gasteiger partial charge in [-0.25, -0.2) is 9.67 Å². The molecule has 2 bridgehead atoms. The first-order valence-corrected chi connectivity index (χ1v) is 20.4. The summed E-state index contributed by atoms with van der Waals surface area (Å²) in [5, 5.41) is 16.1. The molecule has 2 unspecified atom stereocenters. The molecule has 3 N–H and O–H groups in total. The number of carbonyl (C=O) groups is 1. The van der Waals surface area contributed by atoms with Crippen molar-refractivity contribution in [3.05, 3.63) is 42.5 Å². The maximum absolute atomic E-state index is 13.6. The molecule has 9 heteroatoms. The summed E-state index contributed by atoms with van der Waals surface area (Å²) in [6.07, 6.45) is 13.3. The first-order chi connectivity index (χ1) is 24.7. The van der Waals surface area contributed by atoms with Crippen LogP contribution in [0.15, 0.2) is 42.5 Å². The second-order valence-electron chi connectivity index (χ2n) is 20.8. The minimum atomic E-state index is -0.625. The van der Waals surface area contributed by atoms with E-state index in [9.17, 15) is 9.90 Å². The highest BCUT2D eigenvalue weighted by Crippen LogP contribution is 2.75. The van der Waals surface area contributed by atoms with Gasteiger partial charge in [0.05, 0.1) is 37.9 Å². The van der Waals surface area contributed by atoms with Crippen LogP contribution in [-0.2, 0) is 14.3 Å². The van der Waals surface area contributed by atoms with E-state index in [0.717, 1.165) is 49.9 Å². The van der Waals surface area contributed by atoms with E-state index >= 15 is 0 Å². The molecule has 2 aromatic heterocycles. The quantitative estimate of drug-likeness (QED) is 0.259. The van der Waals surface area contributed by atoms with Crippen LogP contribution in [0.2, 0.25) is 0 Å². The van der Waals surface area contributed by atoms with Crippen LogP contribution in [0, 0.1) is 62.1 Å². The Morgan fingerprint density at radius 1 is 1.06 bits per heavy atom. The van der Waals surface area contributed by atoms with Crippen LogP contribution in [-0.4, -0.2) is 62.3 Å². The van der Waals surface area contributed by atoms with Crippen molar-refractivity contribution in [3.63, 3.8) is 0 Å². The number of rotatable bonds is 8. The molecule has 4 fully saturated rings. The summed E-state index contributed by atoms with van der Waals surface area (Å²) in [6, 6.07) is 3.89. The third-order valence-electron chi connectivity index (χ3n) is 17.2. The summed E-state index contributed by atoms with van der Waals surface area (Å²) in [4.78, 5) is 22.7. The standard InChI is InChI=1S/C44H67N5O4/c1-27(2)28(3)39(7)18-19-41(9)30-12-13-33-40(8)23-52-25-44(33,31(30)14-17-42(41,10)34(39)37(50)51)22-32(35(40)53-24-43(11,45)38(4,5)6)49-36(47-26-48-49)29-15-20-46-21-16-29/h14-16,20-21,26-28,30,32-35H,12-13,17-19,22-25,45H2,1-11H3,(H,50,51)/t28-,30+,32-,33+,34-,35+,39-,40?,41-,42+,43?,44+/m1/s1. The molecule has 3 saturated carbocycles. The minimum Gasteiger partial charge on any atom is -0.481 e. The van der Waals surface area contributed by atoms with Crippen LogP contribution in [0.5, 0.6) is 0 Å². The molecular formula is C44H67N5O4. The van der Waals surface area contributed by atoms with Gasteiger partial charge in [0, 0.05) is 34.3 Å². The molecule has 0 radical (unpaired) electrons. The predicted molar refractivity (Wildman–Crippen MR) is 208 cm³/mol. The third-order valence-corrected chi connectivity index (χ3v) is 17.2. The van der Waals surface area contributed by atoms with Crippen LogP contribution >= 0.6 is 0 Å². The predicted octanol–water partition coefficient (Wildman–Crippen LogP) is 8.62. The first kappa shape index (κ1) is 38.6. The van der Waals surface area contributed by atoms with Gasteiger partial charge in [0.15, 0.2) is 5.82 Å². The van der Waals surface area contributed by atoms with E-state index in [0.29, 0.717) is 37.6 Å². The Morgan fingerprint density at radius 3 is 2.40 bits per heavy atom. The molecule has 12 atom stereocenters. The Kier molecular flexibility index (Phi) is 9.26. The molecule has 0 aromatic carbocycles. The fourth-order valence-corrected chi connectivity index (χ4v) is 12.8. The van der Waals surface area contributed by atoms with E-state index in [1.807, 2.05) is 24.5 Å². The summed E-state index contributed by atoms with van der Waals surface area (Å²) in [5.41, 5.74) is 7.43. The monoisotopic (exact) mass is 730 g/mol. The van der Waals surface area contributed by atoms with Crippen molar-refractivity contribution in [1.29, 1.82) is 0 Å². The van der Waals surface area contributed by atoms with E-state index in [1.165, 1.54) is 5.57 Å². The van der Waals surface area contributed by atoms with Crippen molar-refractivity contribution in [1.82, 2.24) is 19.7 Å². The number of aromatic nitrogens is 4. The number of hydrogen-bond donors (Lipinski definition) is 2. The second-order valence-corrected chi connectivity index (χ2v) is 20.8. The van der Waals surface area contributed by atoms with Gasteiger partial charge in [-0.05, 0) is 103 Å². The van der Waals surface area contributed by atoms with E-state index in [2.05, 4.69) is 91.9 Å². The Morgan fingerprint density at radius 2 is 1.75 bits per heavy atom. The van der Waals surface area contributed by atoms with Crippen molar-refractivity contribution in [2.24, 2.45) is 67.8 Å².